The molecule has 81 heavy (non-hydrogen) atoms. The highest BCUT2D eigenvalue weighted by molar-refractivity contribution is 6.29. The molecule has 18 nitrogen and oxygen atoms in total. The zero-order chi connectivity index (χ0) is 57.4. The van der Waals surface area contributed by atoms with Crippen LogP contribution in [-0.4, -0.2) is 144 Å². The first-order chi connectivity index (χ1) is 39.1. The van der Waals surface area contributed by atoms with E-state index < -0.39 is 66.1 Å². The van der Waals surface area contributed by atoms with Crippen molar-refractivity contribution < 1.29 is 68.5 Å². The van der Waals surface area contributed by atoms with E-state index in [2.05, 4.69) is 47.0 Å². The van der Waals surface area contributed by atoms with Gasteiger partial charge in [0.25, 0.3) is 5.91 Å². The number of carbonyl (C=O) groups excluding carboxylic acids is 4. The van der Waals surface area contributed by atoms with Crippen LogP contribution in [0, 0.1) is 0 Å². The summed E-state index contributed by atoms with van der Waals surface area (Å²) >= 11 is 0. The number of hydrogen-bond donors (Lipinski definition) is 7. The summed E-state index contributed by atoms with van der Waals surface area (Å²) in [7, 11) is 3.35. The summed E-state index contributed by atoms with van der Waals surface area (Å²) in [5.41, 5.74) is 5.12. The third-order valence-corrected chi connectivity index (χ3v) is 15.1. The van der Waals surface area contributed by atoms with Gasteiger partial charge in [-0.25, -0.2) is 0 Å². The maximum absolute atomic E-state index is 14.0. The molecule has 1 heterocycles. The van der Waals surface area contributed by atoms with Gasteiger partial charge in [-0.1, -0.05) is 78.8 Å². The first-order valence-electron chi connectivity index (χ1n) is 26.9. The average molecular weight is 1100 g/mol. The first-order valence-corrected chi connectivity index (χ1v) is 26.9. The SMILES string of the molecule is CC/C(=C(/c1ccc(O)cc1)c1ccc(OCCN(C)CCO/N=C/c2ccc(O)c(C(=O)NCN[C@H]3C[C@H](O[C@H]4C[C@](O)(C(=O)CO)Cc5cc6c(cc54)C(=O)c4c(OC)cccc4C6=O)O[C@@H](C)[C@H]3O)c2)cc1)c1ccccc1. The number of nitrogens with one attached hydrogen (secondary N) is 2. The summed E-state index contributed by atoms with van der Waals surface area (Å²) in [6.07, 6.45) is -2.27. The highest BCUT2D eigenvalue weighted by Crippen LogP contribution is 2.44. The predicted molar refractivity (Wildman–Crippen MR) is 302 cm³/mol. The molecular weight excluding hydrogens is 1040 g/mol. The Kier molecular flexibility index (Phi) is 18.2. The molecule has 18 heteroatoms. The Morgan fingerprint density at radius 3 is 2.28 bits per heavy atom. The van der Waals surface area contributed by atoms with Crippen LogP contribution in [0.3, 0.4) is 0 Å². The van der Waals surface area contributed by atoms with E-state index >= 15 is 0 Å². The quantitative estimate of drug-likeness (QED) is 0.0122. The number of oxime groups is 1. The lowest BCUT2D eigenvalue weighted by Crippen LogP contribution is -2.56. The van der Waals surface area contributed by atoms with E-state index in [1.54, 1.807) is 37.3 Å². The molecule has 0 saturated carbocycles. The van der Waals surface area contributed by atoms with Crippen molar-refractivity contribution in [3.05, 3.63) is 189 Å². The van der Waals surface area contributed by atoms with Crippen LogP contribution in [0.25, 0.3) is 11.1 Å². The van der Waals surface area contributed by atoms with Crippen LogP contribution in [0.4, 0.5) is 0 Å². The molecular formula is C63H66N4O14. The summed E-state index contributed by atoms with van der Waals surface area (Å²) < 4.78 is 24.1. The van der Waals surface area contributed by atoms with Crippen LogP contribution in [0.2, 0.25) is 0 Å². The third-order valence-electron chi connectivity index (χ3n) is 15.1. The van der Waals surface area contributed by atoms with E-state index in [0.29, 0.717) is 36.4 Å². The van der Waals surface area contributed by atoms with Gasteiger partial charge in [0.1, 0.15) is 48.4 Å². The number of phenols is 2. The second kappa shape index (κ2) is 25.6. The Morgan fingerprint density at radius 2 is 1.57 bits per heavy atom. The molecule has 9 rings (SSSR count). The lowest BCUT2D eigenvalue weighted by atomic mass is 9.73. The van der Waals surface area contributed by atoms with Crippen LogP contribution < -0.4 is 20.1 Å². The van der Waals surface area contributed by atoms with Crippen LogP contribution >= 0.6 is 0 Å². The number of carbonyl (C=O) groups is 4. The van der Waals surface area contributed by atoms with Gasteiger partial charge in [-0.15, -0.1) is 0 Å². The van der Waals surface area contributed by atoms with Gasteiger partial charge >= 0.3 is 0 Å². The van der Waals surface area contributed by atoms with Crippen LogP contribution in [0.1, 0.15) is 115 Å². The zero-order valence-corrected chi connectivity index (χ0v) is 45.5. The van der Waals surface area contributed by atoms with Gasteiger partial charge in [-0.2, -0.15) is 0 Å². The zero-order valence-electron chi connectivity index (χ0n) is 45.5. The van der Waals surface area contributed by atoms with E-state index in [9.17, 15) is 44.7 Å². The number of aliphatic hydroxyl groups is 3. The van der Waals surface area contributed by atoms with Crippen LogP contribution in [0.5, 0.6) is 23.0 Å². The highest BCUT2D eigenvalue weighted by atomic mass is 16.7. The number of ketones is 3. The van der Waals surface area contributed by atoms with Gasteiger partial charge in [0, 0.05) is 55.1 Å². The number of allylic oxidation sites excluding steroid dienone is 1. The largest absolute Gasteiger partial charge is 0.508 e. The molecule has 1 saturated heterocycles. The molecule has 0 aromatic heterocycles. The Hall–Kier alpha value is -8.07. The number of rotatable bonds is 22. The average Bonchev–Trinajstić information content (AvgIpc) is 3.63. The van der Waals surface area contributed by atoms with Crippen molar-refractivity contribution in [1.29, 1.82) is 0 Å². The fourth-order valence-electron chi connectivity index (χ4n) is 10.7. The van der Waals surface area contributed by atoms with Crippen molar-refractivity contribution in [2.24, 2.45) is 5.16 Å². The number of Topliss-reactive ketones (excluding diaryl/α,β-unsaturated/α-hetero) is 1. The van der Waals surface area contributed by atoms with Gasteiger partial charge in [0.2, 0.25) is 0 Å². The molecule has 3 aliphatic rings. The third kappa shape index (κ3) is 12.9. The fraction of sp³-hybridized carbons (Fsp3) is 0.317. The minimum atomic E-state index is -2.08. The summed E-state index contributed by atoms with van der Waals surface area (Å²) in [5.74, 6) is -1.44. The summed E-state index contributed by atoms with van der Waals surface area (Å²) in [4.78, 5) is 61.8. The molecule has 1 amide bonds. The van der Waals surface area contributed by atoms with Crippen molar-refractivity contribution >= 4 is 40.6 Å². The lowest BCUT2D eigenvalue weighted by molar-refractivity contribution is -0.249. The number of benzene rings is 6. The van der Waals surface area contributed by atoms with E-state index in [-0.39, 0.29) is 77.6 Å². The molecule has 6 aromatic carbocycles. The molecule has 6 atom stereocenters. The Labute approximate surface area is 469 Å². The Morgan fingerprint density at radius 1 is 0.852 bits per heavy atom. The number of ether oxygens (including phenoxy) is 4. The van der Waals surface area contributed by atoms with Gasteiger partial charge < -0.3 is 54.6 Å². The van der Waals surface area contributed by atoms with Crippen molar-refractivity contribution in [2.75, 3.05) is 53.7 Å². The summed E-state index contributed by atoms with van der Waals surface area (Å²) in [5, 5.41) is 63.2. The van der Waals surface area contributed by atoms with Crippen molar-refractivity contribution in [3.8, 4) is 23.0 Å². The second-order valence-corrected chi connectivity index (χ2v) is 20.4. The molecule has 0 spiro atoms. The Bertz CT molecular complexity index is 3330. The number of amides is 1. The van der Waals surface area contributed by atoms with Crippen molar-refractivity contribution in [1.82, 2.24) is 15.5 Å². The van der Waals surface area contributed by atoms with E-state index in [0.717, 1.165) is 34.4 Å². The number of phenolic OH excluding ortho intramolecular Hbond substituents is 2. The van der Waals surface area contributed by atoms with Gasteiger partial charge in [0.05, 0.1) is 49.4 Å². The summed E-state index contributed by atoms with van der Waals surface area (Å²) in [6, 6.07) is 37.0. The fourth-order valence-corrected chi connectivity index (χ4v) is 10.7. The van der Waals surface area contributed by atoms with E-state index in [4.69, 9.17) is 23.8 Å². The van der Waals surface area contributed by atoms with Crippen LogP contribution in [-0.2, 0) is 25.5 Å². The number of fused-ring (bicyclic) bond motifs is 3. The topological polar surface area (TPSA) is 255 Å². The number of aliphatic hydroxyl groups excluding tert-OH is 2. The minimum absolute atomic E-state index is 0.0289. The molecule has 6 aromatic rings. The Balaban J connectivity index is 0.754. The predicted octanol–water partition coefficient (Wildman–Crippen LogP) is 6.75. The maximum Gasteiger partial charge on any atom is 0.256 e. The number of likely N-dealkylation sites (N-methyl/N-ethyl adjacent to an activating group) is 1. The number of methoxy groups -OCH3 is 1. The smallest absolute Gasteiger partial charge is 0.256 e. The van der Waals surface area contributed by atoms with Crippen molar-refractivity contribution in [2.45, 2.75) is 75.8 Å². The molecule has 422 valence electrons. The molecule has 7 N–H and O–H groups in total. The second-order valence-electron chi connectivity index (χ2n) is 20.4. The molecule has 1 aliphatic heterocycles. The normalized spacial score (nSPS) is 20.7. The standard InChI is InChI=1S/C63H66N4O14/c1-5-45(39-10-7-6-8-11-39)57(40-15-19-43(69)20-16-40)41-17-21-44(22-18-41)78-26-24-67(3)25-27-79-66-34-38-14-23-52(70)50(28-38)62(75)65-36-64-51-31-56(80-37(2)59(51)72)81-54-33-63(76,55(71)35-68)32-42-29-48-49(30-47(42)54)61(74)58-46(60(48)73)12-9-13-53(58)77-4/h6-23,28-30,34,37,51,54,56,59,64,68-70,72,76H,5,24-27,31-33,35-36H2,1-4H3,(H,65,75)/b57-45+,66-34+/t37-,51-,54-,56-,59+,63-/m0/s1. The first kappa shape index (κ1) is 57.6. The molecule has 0 radical (unpaired) electrons. The number of nitrogens with zero attached hydrogens (tertiary/aromatic N) is 2. The van der Waals surface area contributed by atoms with Gasteiger partial charge in [-0.3, -0.25) is 29.4 Å². The summed E-state index contributed by atoms with van der Waals surface area (Å²) in [6.45, 7) is 4.55. The lowest BCUT2D eigenvalue weighted by Gasteiger charge is -2.42. The molecule has 2 aliphatic carbocycles. The number of hydrogen-bond acceptors (Lipinski definition) is 17. The van der Waals surface area contributed by atoms with E-state index in [1.165, 1.54) is 49.2 Å². The molecule has 0 unspecified atom stereocenters. The molecule has 0 bridgehead atoms. The van der Waals surface area contributed by atoms with Gasteiger partial charge in [-0.05, 0) is 126 Å². The minimum Gasteiger partial charge on any atom is -0.508 e. The van der Waals surface area contributed by atoms with Crippen molar-refractivity contribution in [3.63, 3.8) is 0 Å². The molecule has 1 fully saturated rings. The highest BCUT2D eigenvalue weighted by Gasteiger charge is 2.47. The van der Waals surface area contributed by atoms with Crippen LogP contribution in [0.15, 0.2) is 133 Å². The van der Waals surface area contributed by atoms with E-state index in [1.807, 2.05) is 54.4 Å². The van der Waals surface area contributed by atoms with Gasteiger partial charge in [0.15, 0.2) is 23.6 Å². The number of aromatic hydroxyl groups is 2. The monoisotopic (exact) mass is 1100 g/mol. The maximum atomic E-state index is 14.0.